The molecule has 1 rings (SSSR count). The highest BCUT2D eigenvalue weighted by atomic mass is 79.9. The van der Waals surface area contributed by atoms with Crippen molar-refractivity contribution in [2.45, 2.75) is 6.61 Å². The number of halogens is 3. The van der Waals surface area contributed by atoms with Gasteiger partial charge in [0.15, 0.2) is 0 Å². The highest BCUT2D eigenvalue weighted by molar-refractivity contribution is 9.10. The first-order valence-electron chi connectivity index (χ1n) is 4.71. The third-order valence-corrected chi connectivity index (χ3v) is 2.27. The molecule has 0 bridgehead atoms. The Morgan fingerprint density at radius 3 is 2.50 bits per heavy atom. The van der Waals surface area contributed by atoms with Crippen molar-refractivity contribution < 1.29 is 33.3 Å². The molecule has 5 nitrogen and oxygen atoms in total. The molecule has 0 aromatic heterocycles. The maximum Gasteiger partial charge on any atom is 0.387 e. The van der Waals surface area contributed by atoms with Crippen LogP contribution in [0.3, 0.4) is 0 Å². The molecule has 0 aliphatic heterocycles. The van der Waals surface area contributed by atoms with Crippen LogP contribution >= 0.6 is 15.9 Å². The van der Waals surface area contributed by atoms with Crippen molar-refractivity contribution in [2.75, 3.05) is 13.2 Å². The number of alkyl halides is 2. The number of carboxylic acids is 1. The van der Waals surface area contributed by atoms with E-state index in [0.29, 0.717) is 4.47 Å². The van der Waals surface area contributed by atoms with Crippen LogP contribution in [-0.4, -0.2) is 36.0 Å². The van der Waals surface area contributed by atoms with E-state index in [1.165, 1.54) is 6.07 Å². The molecule has 0 radical (unpaired) electrons. The topological polar surface area (TPSA) is 76.0 Å². The van der Waals surface area contributed by atoms with Crippen LogP contribution in [-0.2, 0) is 0 Å². The quantitative estimate of drug-likeness (QED) is 0.837. The standard InChI is InChI=1S/C10H9BrF2O5/c11-5-3-6(17-2-1-14)8(9(15)16)7(4-5)18-10(12)13/h3-4,10,14H,1-2H2,(H,15,16). The van der Waals surface area contributed by atoms with E-state index in [-0.39, 0.29) is 19.0 Å². The first-order valence-corrected chi connectivity index (χ1v) is 5.50. The molecule has 0 aliphatic rings. The minimum Gasteiger partial charge on any atom is -0.490 e. The summed E-state index contributed by atoms with van der Waals surface area (Å²) in [7, 11) is 0. The second kappa shape index (κ2) is 6.50. The van der Waals surface area contributed by atoms with Crippen molar-refractivity contribution in [1.82, 2.24) is 0 Å². The number of aromatic carboxylic acids is 1. The molecule has 0 aliphatic carbocycles. The van der Waals surface area contributed by atoms with Crippen LogP contribution < -0.4 is 9.47 Å². The van der Waals surface area contributed by atoms with Gasteiger partial charge in [0.1, 0.15) is 23.7 Å². The summed E-state index contributed by atoms with van der Waals surface area (Å²) in [6.07, 6.45) is 0. The normalized spacial score (nSPS) is 10.5. The number of carbonyl (C=O) groups is 1. The summed E-state index contributed by atoms with van der Waals surface area (Å²) >= 11 is 3.02. The SMILES string of the molecule is O=C(O)c1c(OCCO)cc(Br)cc1OC(F)F. The number of aliphatic hydroxyl groups excluding tert-OH is 1. The molecule has 0 unspecified atom stereocenters. The van der Waals surface area contributed by atoms with Crippen molar-refractivity contribution in [2.24, 2.45) is 0 Å². The monoisotopic (exact) mass is 326 g/mol. The second-order valence-corrected chi connectivity index (χ2v) is 3.95. The van der Waals surface area contributed by atoms with E-state index >= 15 is 0 Å². The summed E-state index contributed by atoms with van der Waals surface area (Å²) in [5.74, 6) is -2.15. The van der Waals surface area contributed by atoms with E-state index in [9.17, 15) is 13.6 Å². The Morgan fingerprint density at radius 2 is 2.00 bits per heavy atom. The average Bonchev–Trinajstić information content (AvgIpc) is 2.24. The molecule has 0 amide bonds. The molecule has 0 saturated heterocycles. The van der Waals surface area contributed by atoms with Crippen molar-refractivity contribution in [1.29, 1.82) is 0 Å². The maximum absolute atomic E-state index is 12.2. The van der Waals surface area contributed by atoms with E-state index in [4.69, 9.17) is 14.9 Å². The van der Waals surface area contributed by atoms with Crippen LogP contribution in [0.1, 0.15) is 10.4 Å². The fourth-order valence-electron chi connectivity index (χ4n) is 1.23. The zero-order valence-corrected chi connectivity index (χ0v) is 10.5. The number of hydrogen-bond acceptors (Lipinski definition) is 4. The second-order valence-electron chi connectivity index (χ2n) is 3.03. The Morgan fingerprint density at radius 1 is 1.39 bits per heavy atom. The fourth-order valence-corrected chi connectivity index (χ4v) is 1.64. The third kappa shape index (κ3) is 3.81. The largest absolute Gasteiger partial charge is 0.490 e. The van der Waals surface area contributed by atoms with E-state index in [1.807, 2.05) is 0 Å². The summed E-state index contributed by atoms with van der Waals surface area (Å²) in [5.41, 5.74) is -0.521. The average molecular weight is 327 g/mol. The van der Waals surface area contributed by atoms with E-state index in [0.717, 1.165) is 6.07 Å². The Balaban J connectivity index is 3.22. The Bertz CT molecular complexity index is 439. The Kier molecular flexibility index (Phi) is 5.29. The van der Waals surface area contributed by atoms with Gasteiger partial charge in [-0.1, -0.05) is 15.9 Å². The zero-order chi connectivity index (χ0) is 13.7. The number of aliphatic hydroxyl groups is 1. The maximum atomic E-state index is 12.2. The van der Waals surface area contributed by atoms with Gasteiger partial charge in [-0.3, -0.25) is 0 Å². The number of carboxylic acid groups (broad SMARTS) is 1. The van der Waals surface area contributed by atoms with Gasteiger partial charge in [0, 0.05) is 4.47 Å². The molecular formula is C10H9BrF2O5. The van der Waals surface area contributed by atoms with Crippen molar-refractivity contribution in [3.8, 4) is 11.5 Å². The summed E-state index contributed by atoms with van der Waals surface area (Å²) in [5, 5.41) is 17.6. The lowest BCUT2D eigenvalue weighted by molar-refractivity contribution is -0.0505. The lowest BCUT2D eigenvalue weighted by Crippen LogP contribution is -2.11. The first kappa shape index (κ1) is 14.7. The number of ether oxygens (including phenoxy) is 2. The third-order valence-electron chi connectivity index (χ3n) is 1.81. The van der Waals surface area contributed by atoms with Crippen LogP contribution in [0.5, 0.6) is 11.5 Å². The minimum atomic E-state index is -3.15. The van der Waals surface area contributed by atoms with E-state index in [1.54, 1.807) is 0 Å². The van der Waals surface area contributed by atoms with Gasteiger partial charge < -0.3 is 19.7 Å². The number of benzene rings is 1. The molecule has 0 spiro atoms. The lowest BCUT2D eigenvalue weighted by atomic mass is 10.2. The number of hydrogen-bond donors (Lipinski definition) is 2. The molecule has 0 saturated carbocycles. The summed E-state index contributed by atoms with van der Waals surface area (Å²) in [6.45, 7) is -3.65. The molecule has 18 heavy (non-hydrogen) atoms. The van der Waals surface area contributed by atoms with E-state index < -0.39 is 23.9 Å². The van der Waals surface area contributed by atoms with Crippen LogP contribution in [0.4, 0.5) is 8.78 Å². The minimum absolute atomic E-state index is 0.162. The van der Waals surface area contributed by atoms with Gasteiger partial charge in [-0.2, -0.15) is 8.78 Å². The predicted octanol–water partition coefficient (Wildman–Crippen LogP) is 2.12. The van der Waals surface area contributed by atoms with Gasteiger partial charge in [0.25, 0.3) is 0 Å². The van der Waals surface area contributed by atoms with Gasteiger partial charge in [-0.25, -0.2) is 4.79 Å². The summed E-state index contributed by atoms with van der Waals surface area (Å²) in [6, 6.07) is 2.39. The van der Waals surface area contributed by atoms with Crippen LogP contribution in [0.2, 0.25) is 0 Å². The van der Waals surface area contributed by atoms with Crippen LogP contribution in [0, 0.1) is 0 Å². The van der Waals surface area contributed by atoms with Gasteiger partial charge >= 0.3 is 12.6 Å². The highest BCUT2D eigenvalue weighted by Gasteiger charge is 2.21. The van der Waals surface area contributed by atoms with Crippen molar-refractivity contribution >= 4 is 21.9 Å². The fraction of sp³-hybridized carbons (Fsp3) is 0.300. The molecular weight excluding hydrogens is 318 g/mol. The predicted molar refractivity (Wildman–Crippen MR) is 60.3 cm³/mol. The molecule has 0 atom stereocenters. The van der Waals surface area contributed by atoms with Crippen molar-refractivity contribution in [3.63, 3.8) is 0 Å². The molecule has 0 heterocycles. The van der Waals surface area contributed by atoms with Crippen LogP contribution in [0.25, 0.3) is 0 Å². The molecule has 2 N–H and O–H groups in total. The highest BCUT2D eigenvalue weighted by Crippen LogP contribution is 2.34. The first-order chi connectivity index (χ1) is 8.45. The van der Waals surface area contributed by atoms with Crippen LogP contribution in [0.15, 0.2) is 16.6 Å². The summed E-state index contributed by atoms with van der Waals surface area (Å²) < 4.78 is 33.7. The molecule has 100 valence electrons. The Hall–Kier alpha value is -1.41. The van der Waals surface area contributed by atoms with Gasteiger partial charge in [0.2, 0.25) is 0 Å². The van der Waals surface area contributed by atoms with Gasteiger partial charge in [-0.05, 0) is 12.1 Å². The molecule has 1 aromatic carbocycles. The van der Waals surface area contributed by atoms with Crippen molar-refractivity contribution in [3.05, 3.63) is 22.2 Å². The van der Waals surface area contributed by atoms with Gasteiger partial charge in [-0.15, -0.1) is 0 Å². The number of rotatable bonds is 6. The summed E-state index contributed by atoms with van der Waals surface area (Å²) in [4.78, 5) is 11.0. The van der Waals surface area contributed by atoms with E-state index in [2.05, 4.69) is 20.7 Å². The van der Waals surface area contributed by atoms with Gasteiger partial charge in [0.05, 0.1) is 6.61 Å². The molecule has 1 aromatic rings. The molecule has 8 heteroatoms. The lowest BCUT2D eigenvalue weighted by Gasteiger charge is -2.13. The molecule has 0 fully saturated rings. The zero-order valence-electron chi connectivity index (χ0n) is 8.90. The smallest absolute Gasteiger partial charge is 0.387 e. The Labute approximate surface area is 109 Å².